The molecule has 0 spiro atoms. The van der Waals surface area contributed by atoms with Crippen molar-refractivity contribution in [1.82, 2.24) is 15.0 Å². The number of pyridine rings is 1. The van der Waals surface area contributed by atoms with Gasteiger partial charge in [0.25, 0.3) is 0 Å². The summed E-state index contributed by atoms with van der Waals surface area (Å²) in [5.41, 5.74) is 3.10. The molecule has 0 amide bonds. The highest BCUT2D eigenvalue weighted by atomic mass is 15.0. The van der Waals surface area contributed by atoms with Gasteiger partial charge in [0.2, 0.25) is 0 Å². The second-order valence-electron chi connectivity index (χ2n) is 5.05. The Bertz CT molecular complexity index is 578. The summed E-state index contributed by atoms with van der Waals surface area (Å²) in [6, 6.07) is 6.06. The van der Waals surface area contributed by atoms with Crippen LogP contribution >= 0.6 is 0 Å². The van der Waals surface area contributed by atoms with E-state index in [0.29, 0.717) is 11.7 Å². The Labute approximate surface area is 120 Å². The number of nitrogens with one attached hydrogen (secondary N) is 1. The lowest BCUT2D eigenvalue weighted by Gasteiger charge is -2.12. The van der Waals surface area contributed by atoms with Crippen molar-refractivity contribution >= 4 is 5.82 Å². The van der Waals surface area contributed by atoms with Crippen LogP contribution < -0.4 is 5.32 Å². The lowest BCUT2D eigenvalue weighted by molar-refractivity contribution is 0.815. The van der Waals surface area contributed by atoms with Crippen LogP contribution in [0, 0.1) is 0 Å². The van der Waals surface area contributed by atoms with Gasteiger partial charge in [0, 0.05) is 24.5 Å². The number of nitrogens with zero attached hydrogens (tertiary/aromatic N) is 3. The predicted molar refractivity (Wildman–Crippen MR) is 82.9 cm³/mol. The van der Waals surface area contributed by atoms with Gasteiger partial charge in [-0.1, -0.05) is 26.8 Å². The maximum absolute atomic E-state index is 4.68. The van der Waals surface area contributed by atoms with Crippen LogP contribution in [0.1, 0.15) is 44.9 Å². The molecule has 0 aliphatic heterocycles. The summed E-state index contributed by atoms with van der Waals surface area (Å²) in [5.74, 6) is 1.95. The second kappa shape index (κ2) is 6.46. The second-order valence-corrected chi connectivity index (χ2v) is 5.05. The first-order chi connectivity index (χ1) is 9.65. The molecule has 0 saturated carbocycles. The molecule has 0 unspecified atom stereocenters. The number of aromatic nitrogens is 3. The smallest absolute Gasteiger partial charge is 0.180 e. The van der Waals surface area contributed by atoms with Crippen LogP contribution in [-0.2, 0) is 6.42 Å². The summed E-state index contributed by atoms with van der Waals surface area (Å²) in [5, 5.41) is 3.27. The van der Waals surface area contributed by atoms with E-state index in [9.17, 15) is 0 Å². The summed E-state index contributed by atoms with van der Waals surface area (Å²) in [4.78, 5) is 13.7. The number of hydrogen-bond donors (Lipinski definition) is 1. The van der Waals surface area contributed by atoms with Gasteiger partial charge < -0.3 is 5.32 Å². The molecule has 0 aliphatic carbocycles. The van der Waals surface area contributed by atoms with Crippen LogP contribution in [-0.4, -0.2) is 21.5 Å². The van der Waals surface area contributed by atoms with E-state index in [1.54, 1.807) is 6.20 Å². The first-order valence-electron chi connectivity index (χ1n) is 7.22. The quantitative estimate of drug-likeness (QED) is 0.901. The first kappa shape index (κ1) is 14.4. The minimum atomic E-state index is 0.364. The summed E-state index contributed by atoms with van der Waals surface area (Å²) >= 11 is 0. The number of anilines is 1. The van der Waals surface area contributed by atoms with Crippen LogP contribution in [0.3, 0.4) is 0 Å². The van der Waals surface area contributed by atoms with Crippen LogP contribution in [0.25, 0.3) is 11.5 Å². The van der Waals surface area contributed by atoms with Gasteiger partial charge in [-0.2, -0.15) is 0 Å². The minimum absolute atomic E-state index is 0.364. The van der Waals surface area contributed by atoms with Gasteiger partial charge in [0.15, 0.2) is 5.82 Å². The van der Waals surface area contributed by atoms with E-state index in [2.05, 4.69) is 54.0 Å². The van der Waals surface area contributed by atoms with Gasteiger partial charge in [-0.15, -0.1) is 0 Å². The third-order valence-corrected chi connectivity index (χ3v) is 3.18. The molecule has 0 aliphatic rings. The molecule has 2 aromatic heterocycles. The van der Waals surface area contributed by atoms with Crippen molar-refractivity contribution in [2.75, 3.05) is 11.9 Å². The molecule has 2 rings (SSSR count). The highest BCUT2D eigenvalue weighted by Crippen LogP contribution is 2.23. The Kier molecular flexibility index (Phi) is 4.66. The van der Waals surface area contributed by atoms with Crippen molar-refractivity contribution in [3.05, 3.63) is 35.7 Å². The molecule has 0 bridgehead atoms. The van der Waals surface area contributed by atoms with E-state index in [-0.39, 0.29) is 0 Å². The van der Waals surface area contributed by atoms with Gasteiger partial charge in [-0.05, 0) is 30.9 Å². The topological polar surface area (TPSA) is 50.7 Å². The monoisotopic (exact) mass is 270 g/mol. The van der Waals surface area contributed by atoms with Gasteiger partial charge in [-0.25, -0.2) is 9.97 Å². The predicted octanol–water partition coefficient (Wildman–Crippen LogP) is 3.66. The van der Waals surface area contributed by atoms with Crippen LogP contribution in [0.2, 0.25) is 0 Å². The average molecular weight is 270 g/mol. The SMILES string of the molecule is CCNc1cc(C(C)C)nc(-c2ncccc2CC)n1. The number of rotatable bonds is 5. The molecule has 2 heterocycles. The highest BCUT2D eigenvalue weighted by molar-refractivity contribution is 5.57. The molecule has 2 aromatic rings. The summed E-state index contributed by atoms with van der Waals surface area (Å²) < 4.78 is 0. The molecule has 4 heteroatoms. The molecule has 0 saturated heterocycles. The Morgan fingerprint density at radius 3 is 2.65 bits per heavy atom. The molecular weight excluding hydrogens is 248 g/mol. The van der Waals surface area contributed by atoms with Crippen LogP contribution in [0.5, 0.6) is 0 Å². The van der Waals surface area contributed by atoms with Crippen LogP contribution in [0.15, 0.2) is 24.4 Å². The maximum Gasteiger partial charge on any atom is 0.180 e. The Balaban J connectivity index is 2.54. The molecule has 106 valence electrons. The number of aryl methyl sites for hydroxylation is 1. The zero-order valence-electron chi connectivity index (χ0n) is 12.6. The van der Waals surface area contributed by atoms with Gasteiger partial charge >= 0.3 is 0 Å². The van der Waals surface area contributed by atoms with Crippen molar-refractivity contribution in [2.24, 2.45) is 0 Å². The molecule has 1 N–H and O–H groups in total. The fourth-order valence-electron chi connectivity index (χ4n) is 2.06. The van der Waals surface area contributed by atoms with Gasteiger partial charge in [0.05, 0.1) is 0 Å². The van der Waals surface area contributed by atoms with Crippen molar-refractivity contribution in [2.45, 2.75) is 40.0 Å². The number of hydrogen-bond acceptors (Lipinski definition) is 4. The van der Waals surface area contributed by atoms with E-state index in [0.717, 1.165) is 30.2 Å². The molecule has 0 aromatic carbocycles. The summed E-state index contributed by atoms with van der Waals surface area (Å²) in [7, 11) is 0. The normalized spacial score (nSPS) is 10.8. The zero-order valence-corrected chi connectivity index (χ0v) is 12.6. The van der Waals surface area contributed by atoms with E-state index in [1.807, 2.05) is 12.1 Å². The fraction of sp³-hybridized carbons (Fsp3) is 0.438. The van der Waals surface area contributed by atoms with Crippen molar-refractivity contribution in [1.29, 1.82) is 0 Å². The van der Waals surface area contributed by atoms with Crippen molar-refractivity contribution in [3.8, 4) is 11.5 Å². The maximum atomic E-state index is 4.68. The van der Waals surface area contributed by atoms with E-state index < -0.39 is 0 Å². The minimum Gasteiger partial charge on any atom is -0.370 e. The average Bonchev–Trinajstić information content (AvgIpc) is 2.47. The standard InChI is InChI=1S/C16H22N4/c1-5-12-8-7-9-18-15(12)16-19-13(11(3)4)10-14(20-16)17-6-2/h7-11H,5-6H2,1-4H3,(H,17,19,20). The molecule has 4 nitrogen and oxygen atoms in total. The van der Waals surface area contributed by atoms with Gasteiger partial charge in [-0.3, -0.25) is 4.98 Å². The summed E-state index contributed by atoms with van der Waals surface area (Å²) in [6.07, 6.45) is 2.72. The lowest BCUT2D eigenvalue weighted by atomic mass is 10.1. The van der Waals surface area contributed by atoms with E-state index in [4.69, 9.17) is 0 Å². The third-order valence-electron chi connectivity index (χ3n) is 3.18. The fourth-order valence-corrected chi connectivity index (χ4v) is 2.06. The Morgan fingerprint density at radius 1 is 1.20 bits per heavy atom. The Hall–Kier alpha value is -1.97. The molecule has 20 heavy (non-hydrogen) atoms. The Morgan fingerprint density at radius 2 is 2.00 bits per heavy atom. The summed E-state index contributed by atoms with van der Waals surface area (Å²) in [6.45, 7) is 9.31. The molecule has 0 atom stereocenters. The van der Waals surface area contributed by atoms with Crippen LogP contribution in [0.4, 0.5) is 5.82 Å². The van der Waals surface area contributed by atoms with Crippen molar-refractivity contribution in [3.63, 3.8) is 0 Å². The highest BCUT2D eigenvalue weighted by Gasteiger charge is 2.12. The van der Waals surface area contributed by atoms with E-state index in [1.165, 1.54) is 5.56 Å². The molecule has 0 fully saturated rings. The first-order valence-corrected chi connectivity index (χ1v) is 7.22. The van der Waals surface area contributed by atoms with Crippen molar-refractivity contribution < 1.29 is 0 Å². The molecular formula is C16H22N4. The zero-order chi connectivity index (χ0) is 14.5. The third kappa shape index (κ3) is 3.13. The van der Waals surface area contributed by atoms with Gasteiger partial charge in [0.1, 0.15) is 11.5 Å². The van der Waals surface area contributed by atoms with E-state index >= 15 is 0 Å². The molecule has 0 radical (unpaired) electrons. The lowest BCUT2D eigenvalue weighted by Crippen LogP contribution is -2.06. The largest absolute Gasteiger partial charge is 0.370 e.